The molecule has 0 aliphatic heterocycles. The van der Waals surface area contributed by atoms with Gasteiger partial charge in [-0.1, -0.05) is 19.1 Å². The van der Waals surface area contributed by atoms with Crippen LogP contribution in [0, 0.1) is 0 Å². The van der Waals surface area contributed by atoms with Gasteiger partial charge < -0.3 is 13.3 Å². The fourth-order valence-electron chi connectivity index (χ4n) is 1.55. The minimum Gasteiger partial charge on any atom is -0.374 e. The average molecular weight is 246 g/mol. The molecule has 3 nitrogen and oxygen atoms in total. The Bertz CT molecular complexity index is 166. The summed E-state index contributed by atoms with van der Waals surface area (Å²) in [5.74, 6) is 0. The Morgan fingerprint density at radius 3 is 1.69 bits per heavy atom. The Morgan fingerprint density at radius 1 is 0.812 bits per heavy atom. The van der Waals surface area contributed by atoms with Crippen molar-refractivity contribution in [2.75, 3.05) is 19.8 Å². The summed E-state index contributed by atoms with van der Waals surface area (Å²) in [7, 11) is -2.40. The predicted octanol–water partition coefficient (Wildman–Crippen LogP) is 3.39. The van der Waals surface area contributed by atoms with Crippen molar-refractivity contribution in [1.29, 1.82) is 0 Å². The molecule has 96 valence electrons. The van der Waals surface area contributed by atoms with Crippen LogP contribution in [0.5, 0.6) is 0 Å². The third-order valence-corrected chi connectivity index (χ3v) is 5.20. The highest BCUT2D eigenvalue weighted by molar-refractivity contribution is 6.60. The quantitative estimate of drug-likeness (QED) is 0.437. The van der Waals surface area contributed by atoms with Crippen molar-refractivity contribution in [3.05, 3.63) is 12.2 Å². The van der Waals surface area contributed by atoms with Gasteiger partial charge >= 0.3 is 8.80 Å². The van der Waals surface area contributed by atoms with Gasteiger partial charge in [0.15, 0.2) is 0 Å². The Morgan fingerprint density at radius 2 is 1.31 bits per heavy atom. The van der Waals surface area contributed by atoms with Crippen molar-refractivity contribution < 1.29 is 13.3 Å². The van der Waals surface area contributed by atoms with Crippen LogP contribution in [0.3, 0.4) is 0 Å². The van der Waals surface area contributed by atoms with Gasteiger partial charge in [0.1, 0.15) is 0 Å². The molecule has 0 aromatic rings. The zero-order chi connectivity index (χ0) is 12.3. The molecule has 0 fully saturated rings. The molecule has 0 aromatic heterocycles. The third-order valence-electron chi connectivity index (χ3n) is 2.11. The fraction of sp³-hybridized carbons (Fsp3) is 0.833. The highest BCUT2D eigenvalue weighted by Gasteiger charge is 2.39. The summed E-state index contributed by atoms with van der Waals surface area (Å²) in [5, 5.41) is 0. The van der Waals surface area contributed by atoms with Gasteiger partial charge in [-0.2, -0.15) is 0 Å². The van der Waals surface area contributed by atoms with Crippen LogP contribution in [0.1, 0.15) is 40.5 Å². The molecule has 0 spiro atoms. The Kier molecular flexibility index (Phi) is 9.92. The van der Waals surface area contributed by atoms with E-state index in [1.165, 1.54) is 0 Å². The molecular formula is C12H26O3Si. The molecule has 0 aromatic carbocycles. The summed E-state index contributed by atoms with van der Waals surface area (Å²) in [6.45, 7) is 10.1. The summed E-state index contributed by atoms with van der Waals surface area (Å²) in [6.07, 6.45) is 6.40. The van der Waals surface area contributed by atoms with Crippen LogP contribution >= 0.6 is 0 Å². The lowest BCUT2D eigenvalue weighted by molar-refractivity contribution is 0.0716. The first-order chi connectivity index (χ1) is 7.74. The molecule has 0 saturated heterocycles. The average Bonchev–Trinajstić information content (AvgIpc) is 2.26. The molecule has 0 N–H and O–H groups in total. The second kappa shape index (κ2) is 10.0. The topological polar surface area (TPSA) is 27.7 Å². The first-order valence-corrected chi connectivity index (χ1v) is 8.24. The van der Waals surface area contributed by atoms with E-state index in [0.717, 1.165) is 18.9 Å². The fourth-order valence-corrected chi connectivity index (χ4v) is 4.07. The lowest BCUT2D eigenvalue weighted by Gasteiger charge is -2.28. The number of rotatable bonds is 10. The van der Waals surface area contributed by atoms with Gasteiger partial charge in [-0.05, 0) is 33.6 Å². The van der Waals surface area contributed by atoms with E-state index in [-0.39, 0.29) is 0 Å². The molecule has 0 rings (SSSR count). The summed E-state index contributed by atoms with van der Waals surface area (Å²) < 4.78 is 17.3. The van der Waals surface area contributed by atoms with E-state index in [1.807, 2.05) is 20.8 Å². The Labute approximate surface area is 101 Å². The molecule has 0 aliphatic carbocycles. The summed E-state index contributed by atoms with van der Waals surface area (Å²) in [6, 6.07) is 0.874. The van der Waals surface area contributed by atoms with E-state index in [0.29, 0.717) is 19.8 Å². The van der Waals surface area contributed by atoms with Gasteiger partial charge in [0.25, 0.3) is 0 Å². The molecule has 0 bridgehead atoms. The summed E-state index contributed by atoms with van der Waals surface area (Å²) in [4.78, 5) is 0. The van der Waals surface area contributed by atoms with Crippen molar-refractivity contribution in [2.45, 2.75) is 46.6 Å². The molecule has 0 amide bonds. The van der Waals surface area contributed by atoms with Gasteiger partial charge in [0.05, 0.1) is 0 Å². The number of hydrogen-bond acceptors (Lipinski definition) is 3. The van der Waals surface area contributed by atoms with E-state index in [2.05, 4.69) is 19.1 Å². The molecule has 4 heteroatoms. The van der Waals surface area contributed by atoms with Crippen LogP contribution in [-0.4, -0.2) is 28.6 Å². The molecule has 0 unspecified atom stereocenters. The summed E-state index contributed by atoms with van der Waals surface area (Å²) >= 11 is 0. The second-order valence-corrected chi connectivity index (χ2v) is 6.13. The first-order valence-electron chi connectivity index (χ1n) is 6.31. The molecule has 0 heterocycles. The molecule has 0 radical (unpaired) electrons. The largest absolute Gasteiger partial charge is 0.501 e. The van der Waals surface area contributed by atoms with E-state index < -0.39 is 8.80 Å². The van der Waals surface area contributed by atoms with Crippen molar-refractivity contribution in [3.8, 4) is 0 Å². The van der Waals surface area contributed by atoms with Crippen molar-refractivity contribution in [3.63, 3.8) is 0 Å². The normalized spacial score (nSPS) is 12.5. The van der Waals surface area contributed by atoms with Gasteiger partial charge in [-0.3, -0.25) is 0 Å². The van der Waals surface area contributed by atoms with E-state index in [1.54, 1.807) is 0 Å². The zero-order valence-corrected chi connectivity index (χ0v) is 12.1. The van der Waals surface area contributed by atoms with Crippen molar-refractivity contribution in [2.24, 2.45) is 0 Å². The van der Waals surface area contributed by atoms with Gasteiger partial charge in [-0.15, -0.1) is 0 Å². The van der Waals surface area contributed by atoms with Gasteiger partial charge in [0, 0.05) is 25.9 Å². The zero-order valence-electron chi connectivity index (χ0n) is 11.1. The van der Waals surface area contributed by atoms with Crippen molar-refractivity contribution in [1.82, 2.24) is 0 Å². The maximum absolute atomic E-state index is 5.75. The molecule has 0 atom stereocenters. The van der Waals surface area contributed by atoms with Crippen molar-refractivity contribution >= 4 is 8.80 Å². The molecule has 0 aliphatic rings. The second-order valence-electron chi connectivity index (χ2n) is 3.40. The molecule has 0 saturated carbocycles. The Balaban J connectivity index is 4.28. The standard InChI is InChI=1S/C12H26O3Si/c1-5-9-10-11-12-16(13-6-2,14-7-3)15-8-4/h9-10H,5-8,11-12H2,1-4H3/b10-9+. The smallest absolute Gasteiger partial charge is 0.374 e. The SMILES string of the molecule is CC/C=C/CC[Si](OCC)(OCC)OCC. The molecular weight excluding hydrogens is 220 g/mol. The maximum atomic E-state index is 5.75. The van der Waals surface area contributed by atoms with Crippen LogP contribution in [0.4, 0.5) is 0 Å². The van der Waals surface area contributed by atoms with Crippen LogP contribution in [0.25, 0.3) is 0 Å². The first kappa shape index (κ1) is 15.8. The van der Waals surface area contributed by atoms with Crippen LogP contribution in [0.2, 0.25) is 6.04 Å². The van der Waals surface area contributed by atoms with E-state index >= 15 is 0 Å². The van der Waals surface area contributed by atoms with E-state index in [4.69, 9.17) is 13.3 Å². The Hall–Kier alpha value is -0.163. The number of hydrogen-bond donors (Lipinski definition) is 0. The maximum Gasteiger partial charge on any atom is 0.501 e. The summed E-state index contributed by atoms with van der Waals surface area (Å²) in [5.41, 5.74) is 0. The molecule has 16 heavy (non-hydrogen) atoms. The monoisotopic (exact) mass is 246 g/mol. The van der Waals surface area contributed by atoms with E-state index in [9.17, 15) is 0 Å². The lowest BCUT2D eigenvalue weighted by Crippen LogP contribution is -2.45. The van der Waals surface area contributed by atoms with Gasteiger partial charge in [-0.25, -0.2) is 0 Å². The number of allylic oxidation sites excluding steroid dienone is 2. The van der Waals surface area contributed by atoms with Gasteiger partial charge in [0.2, 0.25) is 0 Å². The third kappa shape index (κ3) is 6.43. The highest BCUT2D eigenvalue weighted by Crippen LogP contribution is 2.18. The van der Waals surface area contributed by atoms with Crippen LogP contribution in [-0.2, 0) is 13.3 Å². The van der Waals surface area contributed by atoms with Crippen LogP contribution < -0.4 is 0 Å². The van der Waals surface area contributed by atoms with Crippen LogP contribution in [0.15, 0.2) is 12.2 Å². The minimum absolute atomic E-state index is 0.656. The lowest BCUT2D eigenvalue weighted by atomic mass is 10.4. The highest BCUT2D eigenvalue weighted by atomic mass is 28.4. The minimum atomic E-state index is -2.40. The predicted molar refractivity (Wildman–Crippen MR) is 69.5 cm³/mol.